The van der Waals surface area contributed by atoms with E-state index in [2.05, 4.69) is 5.32 Å². The van der Waals surface area contributed by atoms with Gasteiger partial charge in [0.2, 0.25) is 5.91 Å². The fraction of sp³-hybridized carbons (Fsp3) is 0.667. The molecule has 2 heteroatoms. The molecule has 0 aromatic rings. The minimum absolute atomic E-state index is 0.00583. The average molecular weight is 155 g/mol. The fourth-order valence-corrected chi connectivity index (χ4v) is 0.612. The first-order valence-corrected chi connectivity index (χ1v) is 4.01. The van der Waals surface area contributed by atoms with Gasteiger partial charge in [-0.2, -0.15) is 0 Å². The van der Waals surface area contributed by atoms with Crippen molar-refractivity contribution in [2.45, 2.75) is 33.7 Å². The maximum Gasteiger partial charge on any atom is 0.243 e. The largest absolute Gasteiger partial charge is 0.350 e. The molecule has 0 aliphatic heterocycles. The zero-order valence-electron chi connectivity index (χ0n) is 7.72. The quantitative estimate of drug-likeness (QED) is 0.618. The zero-order chi connectivity index (χ0) is 8.85. The molecule has 0 radical (unpaired) electrons. The van der Waals surface area contributed by atoms with Crippen molar-refractivity contribution in [2.75, 3.05) is 0 Å². The van der Waals surface area contributed by atoms with Gasteiger partial charge in [-0.1, -0.05) is 19.9 Å². The van der Waals surface area contributed by atoms with Crippen LogP contribution in [0.5, 0.6) is 0 Å². The van der Waals surface area contributed by atoms with E-state index >= 15 is 0 Å². The summed E-state index contributed by atoms with van der Waals surface area (Å²) in [7, 11) is 0. The Labute approximate surface area is 68.7 Å². The Morgan fingerprint density at radius 2 is 1.82 bits per heavy atom. The number of rotatable bonds is 3. The molecule has 0 saturated carbocycles. The summed E-state index contributed by atoms with van der Waals surface area (Å²) in [5.74, 6) is 0.432. The van der Waals surface area contributed by atoms with Crippen molar-refractivity contribution in [3.05, 3.63) is 12.2 Å². The third-order valence-electron chi connectivity index (χ3n) is 1.06. The number of carbonyl (C=O) groups excluding carboxylic acids is 1. The summed E-state index contributed by atoms with van der Waals surface area (Å²) in [4.78, 5) is 11.0. The lowest BCUT2D eigenvalue weighted by Crippen LogP contribution is -2.28. The van der Waals surface area contributed by atoms with Gasteiger partial charge < -0.3 is 5.32 Å². The summed E-state index contributed by atoms with van der Waals surface area (Å²) in [6.45, 7) is 7.97. The lowest BCUT2D eigenvalue weighted by molar-refractivity contribution is -0.117. The third kappa shape index (κ3) is 7.10. The molecule has 0 aromatic heterocycles. The van der Waals surface area contributed by atoms with Crippen molar-refractivity contribution >= 4 is 5.91 Å². The van der Waals surface area contributed by atoms with E-state index in [-0.39, 0.29) is 11.9 Å². The SMILES string of the molecule is CC(C)/C=C/C(=O)NC(C)C. The van der Waals surface area contributed by atoms with E-state index in [0.717, 1.165) is 0 Å². The van der Waals surface area contributed by atoms with Crippen molar-refractivity contribution in [2.24, 2.45) is 5.92 Å². The molecule has 0 heterocycles. The highest BCUT2D eigenvalue weighted by Gasteiger charge is 1.96. The van der Waals surface area contributed by atoms with Crippen LogP contribution in [0.4, 0.5) is 0 Å². The van der Waals surface area contributed by atoms with Gasteiger partial charge in [0.1, 0.15) is 0 Å². The molecule has 0 fully saturated rings. The van der Waals surface area contributed by atoms with Crippen LogP contribution >= 0.6 is 0 Å². The van der Waals surface area contributed by atoms with E-state index in [0.29, 0.717) is 5.92 Å². The van der Waals surface area contributed by atoms with Crippen molar-refractivity contribution in [1.82, 2.24) is 5.32 Å². The molecule has 0 saturated heterocycles. The molecular formula is C9H17NO. The molecule has 11 heavy (non-hydrogen) atoms. The number of amides is 1. The van der Waals surface area contributed by atoms with Gasteiger partial charge in [0.05, 0.1) is 0 Å². The van der Waals surface area contributed by atoms with Crippen molar-refractivity contribution in [1.29, 1.82) is 0 Å². The van der Waals surface area contributed by atoms with Gasteiger partial charge in [-0.3, -0.25) is 4.79 Å². The number of nitrogens with one attached hydrogen (secondary N) is 1. The molecule has 0 rings (SSSR count). The minimum Gasteiger partial charge on any atom is -0.350 e. The Morgan fingerprint density at radius 1 is 1.27 bits per heavy atom. The number of carbonyl (C=O) groups is 1. The molecule has 0 aromatic carbocycles. The maximum atomic E-state index is 11.0. The van der Waals surface area contributed by atoms with E-state index in [1.54, 1.807) is 6.08 Å². The van der Waals surface area contributed by atoms with Gasteiger partial charge in [0.15, 0.2) is 0 Å². The molecule has 64 valence electrons. The average Bonchev–Trinajstić information content (AvgIpc) is 1.82. The molecule has 0 aliphatic carbocycles. The van der Waals surface area contributed by atoms with Crippen LogP contribution in [0.25, 0.3) is 0 Å². The molecule has 0 atom stereocenters. The fourth-order valence-electron chi connectivity index (χ4n) is 0.612. The van der Waals surface area contributed by atoms with Crippen molar-refractivity contribution in [3.8, 4) is 0 Å². The molecule has 1 N–H and O–H groups in total. The van der Waals surface area contributed by atoms with Crippen LogP contribution in [-0.4, -0.2) is 11.9 Å². The Hall–Kier alpha value is -0.790. The van der Waals surface area contributed by atoms with Crippen LogP contribution in [0.2, 0.25) is 0 Å². The molecular weight excluding hydrogens is 138 g/mol. The molecule has 0 aliphatic rings. The second-order valence-corrected chi connectivity index (χ2v) is 3.27. The minimum atomic E-state index is -0.00583. The standard InChI is InChI=1S/C9H17NO/c1-7(2)5-6-9(11)10-8(3)4/h5-8H,1-4H3,(H,10,11)/b6-5+. The van der Waals surface area contributed by atoms with Gasteiger partial charge in [-0.05, 0) is 25.8 Å². The van der Waals surface area contributed by atoms with Gasteiger partial charge in [0.25, 0.3) is 0 Å². The third-order valence-corrected chi connectivity index (χ3v) is 1.06. The van der Waals surface area contributed by atoms with Crippen LogP contribution in [-0.2, 0) is 4.79 Å². The highest BCUT2D eigenvalue weighted by Crippen LogP contribution is 1.92. The first-order valence-electron chi connectivity index (χ1n) is 4.01. The van der Waals surface area contributed by atoms with Crippen LogP contribution in [0, 0.1) is 5.92 Å². The molecule has 2 nitrogen and oxygen atoms in total. The van der Waals surface area contributed by atoms with Crippen LogP contribution in [0.3, 0.4) is 0 Å². The van der Waals surface area contributed by atoms with Gasteiger partial charge in [0, 0.05) is 6.04 Å². The van der Waals surface area contributed by atoms with E-state index < -0.39 is 0 Å². The number of hydrogen-bond donors (Lipinski definition) is 1. The Morgan fingerprint density at radius 3 is 2.18 bits per heavy atom. The molecule has 1 amide bonds. The van der Waals surface area contributed by atoms with Crippen molar-refractivity contribution < 1.29 is 4.79 Å². The highest BCUT2D eigenvalue weighted by molar-refractivity contribution is 5.87. The van der Waals surface area contributed by atoms with Crippen LogP contribution < -0.4 is 5.32 Å². The summed E-state index contributed by atoms with van der Waals surface area (Å²) in [6.07, 6.45) is 3.47. The predicted molar refractivity (Wildman–Crippen MR) is 47.3 cm³/mol. The highest BCUT2D eigenvalue weighted by atomic mass is 16.1. The number of hydrogen-bond acceptors (Lipinski definition) is 1. The monoisotopic (exact) mass is 155 g/mol. The Kier molecular flexibility index (Phi) is 4.59. The lowest BCUT2D eigenvalue weighted by atomic mass is 10.2. The summed E-state index contributed by atoms with van der Waals surface area (Å²) < 4.78 is 0. The van der Waals surface area contributed by atoms with E-state index in [9.17, 15) is 4.79 Å². The van der Waals surface area contributed by atoms with Crippen molar-refractivity contribution in [3.63, 3.8) is 0 Å². The van der Waals surface area contributed by atoms with E-state index in [1.807, 2.05) is 33.8 Å². The predicted octanol–water partition coefficient (Wildman–Crippen LogP) is 1.72. The van der Waals surface area contributed by atoms with Gasteiger partial charge >= 0.3 is 0 Å². The normalized spacial score (nSPS) is 11.5. The van der Waals surface area contributed by atoms with Crippen LogP contribution in [0.15, 0.2) is 12.2 Å². The summed E-state index contributed by atoms with van der Waals surface area (Å²) >= 11 is 0. The maximum absolute atomic E-state index is 11.0. The van der Waals surface area contributed by atoms with Gasteiger partial charge in [-0.15, -0.1) is 0 Å². The molecule has 0 bridgehead atoms. The lowest BCUT2D eigenvalue weighted by Gasteiger charge is -2.04. The van der Waals surface area contributed by atoms with Gasteiger partial charge in [-0.25, -0.2) is 0 Å². The second kappa shape index (κ2) is 4.94. The summed E-state index contributed by atoms with van der Waals surface area (Å²) in [6, 6.07) is 0.222. The first kappa shape index (κ1) is 10.2. The smallest absolute Gasteiger partial charge is 0.243 e. The second-order valence-electron chi connectivity index (χ2n) is 3.27. The summed E-state index contributed by atoms with van der Waals surface area (Å²) in [5.41, 5.74) is 0. The first-order chi connectivity index (χ1) is 5.02. The topological polar surface area (TPSA) is 29.1 Å². The Balaban J connectivity index is 3.69. The molecule has 0 unspecified atom stereocenters. The Bertz CT molecular complexity index is 148. The van der Waals surface area contributed by atoms with Crippen LogP contribution in [0.1, 0.15) is 27.7 Å². The molecule has 0 spiro atoms. The zero-order valence-corrected chi connectivity index (χ0v) is 7.72. The van der Waals surface area contributed by atoms with E-state index in [4.69, 9.17) is 0 Å². The summed E-state index contributed by atoms with van der Waals surface area (Å²) in [5, 5.41) is 2.77. The van der Waals surface area contributed by atoms with E-state index in [1.165, 1.54) is 0 Å². The number of allylic oxidation sites excluding steroid dienone is 1.